The third-order valence-electron chi connectivity index (χ3n) is 3.18. The maximum Gasteiger partial charge on any atom is 0.0887 e. The van der Waals surface area contributed by atoms with Crippen molar-refractivity contribution in [2.24, 2.45) is 0 Å². The fourth-order valence-electron chi connectivity index (χ4n) is 2.26. The highest BCUT2D eigenvalue weighted by atomic mass is 79.9. The van der Waals surface area contributed by atoms with Gasteiger partial charge in [0.2, 0.25) is 0 Å². The standard InChI is InChI=1S/C13H9BrCl2S/c14-13-10(15)6-11(17-13)12(16)9-5-7-3-1-2-4-8(7)9/h1-4,6,9,12H,5H2. The molecule has 4 heteroatoms. The van der Waals surface area contributed by atoms with Crippen molar-refractivity contribution in [3.8, 4) is 0 Å². The van der Waals surface area contributed by atoms with Crippen molar-refractivity contribution in [3.63, 3.8) is 0 Å². The van der Waals surface area contributed by atoms with Crippen LogP contribution in [0.4, 0.5) is 0 Å². The van der Waals surface area contributed by atoms with E-state index in [0.717, 1.165) is 20.1 Å². The molecule has 0 N–H and O–H groups in total. The van der Waals surface area contributed by atoms with E-state index in [2.05, 4.69) is 40.2 Å². The van der Waals surface area contributed by atoms with Crippen LogP contribution in [0.2, 0.25) is 5.02 Å². The summed E-state index contributed by atoms with van der Waals surface area (Å²) in [6, 6.07) is 10.5. The lowest BCUT2D eigenvalue weighted by atomic mass is 9.75. The van der Waals surface area contributed by atoms with Crippen molar-refractivity contribution in [2.75, 3.05) is 0 Å². The Labute approximate surface area is 123 Å². The molecule has 1 aliphatic rings. The van der Waals surface area contributed by atoms with E-state index in [4.69, 9.17) is 23.2 Å². The molecular weight excluding hydrogens is 339 g/mol. The molecule has 0 radical (unpaired) electrons. The SMILES string of the molecule is Clc1cc(C(Cl)C2Cc3ccccc32)sc1Br. The molecule has 0 fully saturated rings. The monoisotopic (exact) mass is 346 g/mol. The molecule has 2 aromatic rings. The summed E-state index contributed by atoms with van der Waals surface area (Å²) in [7, 11) is 0. The zero-order valence-electron chi connectivity index (χ0n) is 8.79. The summed E-state index contributed by atoms with van der Waals surface area (Å²) >= 11 is 17.7. The van der Waals surface area contributed by atoms with Crippen molar-refractivity contribution in [2.45, 2.75) is 17.7 Å². The van der Waals surface area contributed by atoms with Gasteiger partial charge in [0.1, 0.15) is 0 Å². The number of benzene rings is 1. The van der Waals surface area contributed by atoms with Crippen LogP contribution in [0.5, 0.6) is 0 Å². The molecule has 3 rings (SSSR count). The molecule has 17 heavy (non-hydrogen) atoms. The molecule has 1 aromatic carbocycles. The molecule has 1 heterocycles. The van der Waals surface area contributed by atoms with Crippen LogP contribution in [-0.4, -0.2) is 0 Å². The number of halogens is 3. The van der Waals surface area contributed by atoms with Crippen molar-refractivity contribution in [1.82, 2.24) is 0 Å². The average Bonchev–Trinajstić information content (AvgIpc) is 2.61. The highest BCUT2D eigenvalue weighted by Gasteiger charge is 2.33. The Morgan fingerprint density at radius 1 is 1.35 bits per heavy atom. The van der Waals surface area contributed by atoms with Crippen molar-refractivity contribution < 1.29 is 0 Å². The zero-order chi connectivity index (χ0) is 12.0. The summed E-state index contributed by atoms with van der Waals surface area (Å²) < 4.78 is 0.965. The van der Waals surface area contributed by atoms with E-state index < -0.39 is 0 Å². The quantitative estimate of drug-likeness (QED) is 0.603. The lowest BCUT2D eigenvalue weighted by molar-refractivity contribution is 0.592. The number of hydrogen-bond donors (Lipinski definition) is 0. The van der Waals surface area contributed by atoms with Gasteiger partial charge in [0, 0.05) is 10.8 Å². The van der Waals surface area contributed by atoms with E-state index >= 15 is 0 Å². The molecule has 2 unspecified atom stereocenters. The second-order valence-electron chi connectivity index (χ2n) is 4.18. The highest BCUT2D eigenvalue weighted by Crippen LogP contribution is 2.49. The second-order valence-corrected chi connectivity index (χ2v) is 7.46. The molecule has 1 aliphatic carbocycles. The van der Waals surface area contributed by atoms with Crippen LogP contribution >= 0.6 is 50.5 Å². The van der Waals surface area contributed by atoms with Gasteiger partial charge in [0.25, 0.3) is 0 Å². The molecule has 1 aromatic heterocycles. The number of rotatable bonds is 2. The Bertz CT molecular complexity index is 545. The van der Waals surface area contributed by atoms with Crippen LogP contribution in [-0.2, 0) is 6.42 Å². The molecule has 0 saturated heterocycles. The Morgan fingerprint density at radius 2 is 2.12 bits per heavy atom. The van der Waals surface area contributed by atoms with Gasteiger partial charge in [-0.05, 0) is 39.5 Å². The predicted molar refractivity (Wildman–Crippen MR) is 78.5 cm³/mol. The van der Waals surface area contributed by atoms with E-state index in [0.29, 0.717) is 5.92 Å². The van der Waals surface area contributed by atoms with E-state index in [1.807, 2.05) is 6.07 Å². The summed E-state index contributed by atoms with van der Waals surface area (Å²) in [5.41, 5.74) is 2.80. The van der Waals surface area contributed by atoms with E-state index in [-0.39, 0.29) is 5.38 Å². The minimum absolute atomic E-state index is 0.0266. The molecule has 2 atom stereocenters. The van der Waals surface area contributed by atoms with Gasteiger partial charge in [0.15, 0.2) is 0 Å². The third-order valence-corrected chi connectivity index (χ3v) is 6.41. The lowest BCUT2D eigenvalue weighted by Crippen LogP contribution is -2.20. The van der Waals surface area contributed by atoms with Gasteiger partial charge in [-0.25, -0.2) is 0 Å². The maximum atomic E-state index is 6.55. The summed E-state index contributed by atoms with van der Waals surface area (Å²) in [5.74, 6) is 0.425. The summed E-state index contributed by atoms with van der Waals surface area (Å²) in [5, 5.41) is 0.780. The largest absolute Gasteiger partial charge is 0.130 e. The van der Waals surface area contributed by atoms with Crippen LogP contribution in [0.25, 0.3) is 0 Å². The highest BCUT2D eigenvalue weighted by molar-refractivity contribution is 9.11. The molecule has 0 saturated carbocycles. The Morgan fingerprint density at radius 3 is 2.76 bits per heavy atom. The predicted octanol–water partition coefficient (Wildman–Crippen LogP) is 5.78. The van der Waals surface area contributed by atoms with Gasteiger partial charge < -0.3 is 0 Å². The summed E-state index contributed by atoms with van der Waals surface area (Å²) in [6.45, 7) is 0. The Kier molecular flexibility index (Phi) is 3.24. The van der Waals surface area contributed by atoms with Crippen LogP contribution < -0.4 is 0 Å². The van der Waals surface area contributed by atoms with Gasteiger partial charge in [-0.3, -0.25) is 0 Å². The van der Waals surface area contributed by atoms with Crippen LogP contribution in [0.15, 0.2) is 34.1 Å². The topological polar surface area (TPSA) is 0 Å². The van der Waals surface area contributed by atoms with E-state index in [9.17, 15) is 0 Å². The summed E-state index contributed by atoms with van der Waals surface area (Å²) in [4.78, 5) is 1.14. The first-order valence-corrected chi connectivity index (χ1v) is 7.76. The van der Waals surface area contributed by atoms with Crippen LogP contribution in [0, 0.1) is 0 Å². The van der Waals surface area contributed by atoms with Gasteiger partial charge in [0.05, 0.1) is 14.2 Å². The smallest absolute Gasteiger partial charge is 0.0887 e. The lowest BCUT2D eigenvalue weighted by Gasteiger charge is -2.33. The van der Waals surface area contributed by atoms with E-state index in [1.165, 1.54) is 11.1 Å². The number of fused-ring (bicyclic) bond motifs is 1. The first-order chi connectivity index (χ1) is 8.16. The third kappa shape index (κ3) is 2.06. The van der Waals surface area contributed by atoms with Gasteiger partial charge in [-0.1, -0.05) is 35.9 Å². The number of thiophene rings is 1. The number of alkyl halides is 1. The molecule has 0 amide bonds. The molecule has 0 bridgehead atoms. The first-order valence-electron chi connectivity index (χ1n) is 5.33. The zero-order valence-corrected chi connectivity index (χ0v) is 12.7. The van der Waals surface area contributed by atoms with Crippen LogP contribution in [0.3, 0.4) is 0 Å². The van der Waals surface area contributed by atoms with Crippen molar-refractivity contribution in [1.29, 1.82) is 0 Å². The minimum Gasteiger partial charge on any atom is -0.130 e. The average molecular weight is 348 g/mol. The first kappa shape index (κ1) is 12.0. The molecular formula is C13H9BrCl2S. The van der Waals surface area contributed by atoms with Crippen LogP contribution in [0.1, 0.15) is 27.3 Å². The maximum absolute atomic E-state index is 6.55. The van der Waals surface area contributed by atoms with Gasteiger partial charge in [-0.2, -0.15) is 0 Å². The Balaban J connectivity index is 1.88. The minimum atomic E-state index is 0.0266. The van der Waals surface area contributed by atoms with Gasteiger partial charge >= 0.3 is 0 Å². The van der Waals surface area contributed by atoms with Gasteiger partial charge in [-0.15, -0.1) is 22.9 Å². The summed E-state index contributed by atoms with van der Waals surface area (Å²) in [6.07, 6.45) is 1.07. The molecule has 88 valence electrons. The second kappa shape index (κ2) is 4.58. The molecule has 0 aliphatic heterocycles. The number of hydrogen-bond acceptors (Lipinski definition) is 1. The normalized spacial score (nSPS) is 19.6. The molecule has 0 nitrogen and oxygen atoms in total. The van der Waals surface area contributed by atoms with Crippen molar-refractivity contribution >= 4 is 50.5 Å². The molecule has 0 spiro atoms. The Hall–Kier alpha value is -0.0200. The fraction of sp³-hybridized carbons (Fsp3) is 0.231. The fourth-order valence-corrected chi connectivity index (χ4v) is 4.47. The van der Waals surface area contributed by atoms with E-state index in [1.54, 1.807) is 11.3 Å². The van der Waals surface area contributed by atoms with Crippen molar-refractivity contribution in [3.05, 3.63) is 55.1 Å².